The van der Waals surface area contributed by atoms with Crippen molar-refractivity contribution in [1.29, 1.82) is 0 Å². The second kappa shape index (κ2) is 7.14. The number of aliphatic hydroxyl groups excluding tert-OH is 1. The van der Waals surface area contributed by atoms with E-state index in [0.717, 1.165) is 0 Å². The molecule has 2 rings (SSSR count). The van der Waals surface area contributed by atoms with Crippen LogP contribution in [-0.2, 0) is 0 Å². The summed E-state index contributed by atoms with van der Waals surface area (Å²) in [5, 5.41) is 9.70. The second-order valence-corrected chi connectivity index (χ2v) is 5.70. The van der Waals surface area contributed by atoms with Crippen molar-refractivity contribution in [2.75, 3.05) is 11.8 Å². The van der Waals surface area contributed by atoms with Gasteiger partial charge >= 0.3 is 5.51 Å². The third-order valence-corrected chi connectivity index (χ3v) is 3.75. The van der Waals surface area contributed by atoms with Crippen LogP contribution in [0.1, 0.15) is 18.6 Å². The number of hydrogen-bond donors (Lipinski definition) is 2. The summed E-state index contributed by atoms with van der Waals surface area (Å²) in [5.74, 6) is 0.482. The van der Waals surface area contributed by atoms with Gasteiger partial charge in [-0.3, -0.25) is 0 Å². The van der Waals surface area contributed by atoms with E-state index in [1.54, 1.807) is 49.4 Å². The van der Waals surface area contributed by atoms with Crippen LogP contribution in [0.15, 0.2) is 42.5 Å². The van der Waals surface area contributed by atoms with E-state index < -0.39 is 11.6 Å². The lowest BCUT2D eigenvalue weighted by atomic mass is 10.00. The van der Waals surface area contributed by atoms with Crippen LogP contribution >= 0.6 is 11.9 Å². The minimum absolute atomic E-state index is 0.308. The van der Waals surface area contributed by atoms with E-state index in [-0.39, 0.29) is 11.9 Å². The normalized spacial score (nSPS) is 12.8. The number of para-hydroxylation sites is 1. The van der Waals surface area contributed by atoms with Crippen molar-refractivity contribution in [3.63, 3.8) is 0 Å². The Hall–Kier alpha value is -1.86. The highest BCUT2D eigenvalue weighted by Crippen LogP contribution is 2.37. The first-order valence-electron chi connectivity index (χ1n) is 6.78. The average molecular weight is 343 g/mol. The Morgan fingerprint density at radius 2 is 1.87 bits per heavy atom. The number of hydrogen-bond acceptors (Lipinski definition) is 4. The van der Waals surface area contributed by atoms with E-state index in [1.807, 2.05) is 0 Å². The lowest BCUT2D eigenvalue weighted by molar-refractivity contribution is -0.0323. The Morgan fingerprint density at radius 1 is 1.17 bits per heavy atom. The Morgan fingerprint density at radius 3 is 2.48 bits per heavy atom. The smallest absolute Gasteiger partial charge is 0.461 e. The van der Waals surface area contributed by atoms with Gasteiger partial charge in [0.2, 0.25) is 0 Å². The van der Waals surface area contributed by atoms with Crippen molar-refractivity contribution in [2.45, 2.75) is 18.5 Å². The molecule has 0 heterocycles. The third kappa shape index (κ3) is 4.56. The van der Waals surface area contributed by atoms with Crippen LogP contribution in [0, 0.1) is 0 Å². The summed E-state index contributed by atoms with van der Waals surface area (Å²) in [6.45, 7) is 1.62. The molecule has 0 aliphatic carbocycles. The van der Waals surface area contributed by atoms with Crippen LogP contribution in [0.5, 0.6) is 5.75 Å². The molecule has 0 fully saturated rings. The van der Waals surface area contributed by atoms with Gasteiger partial charge in [0.15, 0.2) is 0 Å². The molecule has 0 radical (unpaired) electrons. The summed E-state index contributed by atoms with van der Waals surface area (Å²) in [6, 6.07) is 11.8. The van der Waals surface area contributed by atoms with E-state index in [2.05, 4.69) is 4.72 Å². The van der Waals surface area contributed by atoms with Crippen LogP contribution in [0.25, 0.3) is 11.1 Å². The minimum Gasteiger partial charge on any atom is -0.496 e. The zero-order valence-electron chi connectivity index (χ0n) is 12.5. The molecule has 2 aromatic rings. The van der Waals surface area contributed by atoms with Gasteiger partial charge in [-0.05, 0) is 24.6 Å². The first-order chi connectivity index (χ1) is 10.8. The maximum absolute atomic E-state index is 12.4. The fourth-order valence-electron chi connectivity index (χ4n) is 2.16. The fraction of sp³-hybridized carbons (Fsp3) is 0.250. The molecule has 0 spiro atoms. The molecule has 0 bridgehead atoms. The summed E-state index contributed by atoms with van der Waals surface area (Å²) >= 11 is -0.308. The van der Waals surface area contributed by atoms with E-state index in [0.29, 0.717) is 28.1 Å². The lowest BCUT2D eigenvalue weighted by Gasteiger charge is -2.16. The zero-order valence-corrected chi connectivity index (χ0v) is 13.3. The summed E-state index contributed by atoms with van der Waals surface area (Å²) in [5.41, 5.74) is -2.11. The van der Waals surface area contributed by atoms with E-state index >= 15 is 0 Å². The van der Waals surface area contributed by atoms with E-state index in [9.17, 15) is 18.3 Å². The summed E-state index contributed by atoms with van der Waals surface area (Å²) in [7, 11) is 1.48. The second-order valence-electron chi connectivity index (χ2n) is 4.83. The Balaban J connectivity index is 2.38. The molecule has 1 atom stereocenters. The first-order valence-corrected chi connectivity index (χ1v) is 7.59. The number of methoxy groups -OCH3 is 1. The maximum atomic E-state index is 12.4. The Labute approximate surface area is 136 Å². The van der Waals surface area contributed by atoms with Gasteiger partial charge in [-0.15, -0.1) is 0 Å². The molecule has 7 heteroatoms. The van der Waals surface area contributed by atoms with Gasteiger partial charge in [0.25, 0.3) is 0 Å². The van der Waals surface area contributed by atoms with E-state index in [1.165, 1.54) is 7.11 Å². The third-order valence-electron chi connectivity index (χ3n) is 3.20. The number of rotatable bonds is 5. The number of halogens is 3. The van der Waals surface area contributed by atoms with Gasteiger partial charge in [-0.2, -0.15) is 13.2 Å². The highest BCUT2D eigenvalue weighted by Gasteiger charge is 2.29. The molecule has 0 amide bonds. The van der Waals surface area contributed by atoms with Crippen LogP contribution in [0.3, 0.4) is 0 Å². The average Bonchev–Trinajstić information content (AvgIpc) is 2.51. The number of anilines is 1. The molecule has 0 saturated heterocycles. The summed E-state index contributed by atoms with van der Waals surface area (Å²) in [6.07, 6.45) is -0.701. The Kier molecular flexibility index (Phi) is 5.43. The summed E-state index contributed by atoms with van der Waals surface area (Å²) < 4.78 is 44.8. The molecule has 2 aromatic carbocycles. The van der Waals surface area contributed by atoms with Crippen molar-refractivity contribution in [3.8, 4) is 16.9 Å². The fourth-order valence-corrected chi connectivity index (χ4v) is 2.56. The highest BCUT2D eigenvalue weighted by molar-refractivity contribution is 8.01. The molecule has 0 aliphatic rings. The molecule has 23 heavy (non-hydrogen) atoms. The van der Waals surface area contributed by atoms with Gasteiger partial charge in [-0.25, -0.2) is 0 Å². The number of alkyl halides is 3. The zero-order chi connectivity index (χ0) is 17.0. The summed E-state index contributed by atoms with van der Waals surface area (Å²) in [4.78, 5) is 0. The highest BCUT2D eigenvalue weighted by atomic mass is 32.2. The lowest BCUT2D eigenvalue weighted by Crippen LogP contribution is -2.05. The van der Waals surface area contributed by atoms with Gasteiger partial charge < -0.3 is 14.6 Å². The standard InChI is InChI=1S/C16H16F3NO2S/c1-10(21)12-8-7-11(9-15(12)22-2)13-5-3-4-6-14(13)20-23-16(17,18)19/h3-10,20-21H,1-2H3/t10-/m0/s1. The van der Waals surface area contributed by atoms with Gasteiger partial charge in [0.05, 0.1) is 30.8 Å². The molecule has 124 valence electrons. The number of benzene rings is 2. The quantitative estimate of drug-likeness (QED) is 0.750. The predicted octanol–water partition coefficient (Wildman–Crippen LogP) is 5.00. The van der Waals surface area contributed by atoms with Gasteiger partial charge in [0, 0.05) is 11.1 Å². The van der Waals surface area contributed by atoms with Gasteiger partial charge in [0.1, 0.15) is 5.75 Å². The first kappa shape index (κ1) is 17.5. The van der Waals surface area contributed by atoms with Crippen LogP contribution in [0.2, 0.25) is 0 Å². The van der Waals surface area contributed by atoms with Crippen molar-refractivity contribution < 1.29 is 23.0 Å². The molecule has 0 aromatic heterocycles. The van der Waals surface area contributed by atoms with Crippen LogP contribution in [0.4, 0.5) is 18.9 Å². The van der Waals surface area contributed by atoms with Crippen molar-refractivity contribution in [3.05, 3.63) is 48.0 Å². The molecular formula is C16H16F3NO2S. The van der Waals surface area contributed by atoms with Crippen molar-refractivity contribution in [2.24, 2.45) is 0 Å². The molecule has 3 nitrogen and oxygen atoms in total. The van der Waals surface area contributed by atoms with Crippen molar-refractivity contribution >= 4 is 17.6 Å². The largest absolute Gasteiger partial charge is 0.496 e. The predicted molar refractivity (Wildman–Crippen MR) is 86.3 cm³/mol. The molecule has 2 N–H and O–H groups in total. The molecular weight excluding hydrogens is 327 g/mol. The maximum Gasteiger partial charge on any atom is 0.461 e. The Bertz CT molecular complexity index is 675. The monoisotopic (exact) mass is 343 g/mol. The minimum atomic E-state index is -4.37. The van der Waals surface area contributed by atoms with Gasteiger partial charge in [-0.1, -0.05) is 30.3 Å². The van der Waals surface area contributed by atoms with Crippen LogP contribution < -0.4 is 9.46 Å². The van der Waals surface area contributed by atoms with Crippen molar-refractivity contribution in [1.82, 2.24) is 0 Å². The van der Waals surface area contributed by atoms with E-state index in [4.69, 9.17) is 4.74 Å². The number of aliphatic hydroxyl groups is 1. The SMILES string of the molecule is COc1cc(-c2ccccc2NSC(F)(F)F)ccc1[C@H](C)O. The molecule has 0 aliphatic heterocycles. The molecule has 0 saturated carbocycles. The van der Waals surface area contributed by atoms with Crippen LogP contribution in [-0.4, -0.2) is 17.7 Å². The topological polar surface area (TPSA) is 41.5 Å². The number of ether oxygens (including phenoxy) is 1. The number of nitrogens with one attached hydrogen (secondary N) is 1. The molecule has 0 unspecified atom stereocenters.